The topological polar surface area (TPSA) is 41.3 Å². The summed E-state index contributed by atoms with van der Waals surface area (Å²) in [6.45, 7) is 3.00. The molecule has 2 saturated heterocycles. The van der Waals surface area contributed by atoms with Gasteiger partial charge in [0.15, 0.2) is 0 Å². The second kappa shape index (κ2) is 5.02. The summed E-state index contributed by atoms with van der Waals surface area (Å²) in [6.07, 6.45) is 8.02. The number of rotatable bonds is 4. The van der Waals surface area contributed by atoms with Crippen LogP contribution in [0.5, 0.6) is 0 Å². The Morgan fingerprint density at radius 3 is 2.67 bits per heavy atom. The van der Waals surface area contributed by atoms with Gasteiger partial charge < -0.3 is 9.73 Å². The van der Waals surface area contributed by atoms with E-state index in [1.165, 1.54) is 25.7 Å². The Kier molecular flexibility index (Phi) is 3.39. The van der Waals surface area contributed by atoms with Gasteiger partial charge in [-0.15, -0.1) is 0 Å². The molecule has 2 aliphatic heterocycles. The number of nitrogens with zero attached hydrogens (tertiary/aromatic N) is 2. The van der Waals surface area contributed by atoms with Crippen molar-refractivity contribution in [2.24, 2.45) is 0 Å². The molecular weight excluding hydrogens is 226 g/mol. The molecule has 0 aromatic carbocycles. The van der Waals surface area contributed by atoms with E-state index in [2.05, 4.69) is 29.2 Å². The van der Waals surface area contributed by atoms with E-state index >= 15 is 0 Å². The first-order valence-electron chi connectivity index (χ1n) is 7.16. The molecule has 0 amide bonds. The minimum atomic E-state index is 0.703. The number of aromatic nitrogens is 1. The molecule has 2 aliphatic rings. The van der Waals surface area contributed by atoms with Crippen molar-refractivity contribution in [3.63, 3.8) is 0 Å². The van der Waals surface area contributed by atoms with Gasteiger partial charge in [0.2, 0.25) is 5.89 Å². The highest BCUT2D eigenvalue weighted by Gasteiger charge is 2.40. The van der Waals surface area contributed by atoms with E-state index in [1.54, 1.807) is 0 Å². The van der Waals surface area contributed by atoms with Gasteiger partial charge in [-0.1, -0.05) is 6.92 Å². The van der Waals surface area contributed by atoms with Crippen LogP contribution < -0.4 is 5.32 Å². The first-order chi connectivity index (χ1) is 8.80. The van der Waals surface area contributed by atoms with Gasteiger partial charge in [0.1, 0.15) is 5.76 Å². The molecule has 2 bridgehead atoms. The fraction of sp³-hybridized carbons (Fsp3) is 0.786. The fourth-order valence-corrected chi connectivity index (χ4v) is 3.51. The van der Waals surface area contributed by atoms with Crippen molar-refractivity contribution in [1.29, 1.82) is 0 Å². The SMILES string of the molecule is CCc1cnc(CN2C3CCC2CC(NC)C3)o1. The molecule has 1 aromatic heterocycles. The lowest BCUT2D eigenvalue weighted by molar-refractivity contribution is 0.101. The van der Waals surface area contributed by atoms with Crippen molar-refractivity contribution in [3.05, 3.63) is 17.8 Å². The standard InChI is InChI=1S/C14H23N3O/c1-3-13-8-16-14(18-13)9-17-11-4-5-12(17)7-10(6-11)15-2/h8,10-12,15H,3-7,9H2,1-2H3. The Morgan fingerprint density at radius 1 is 1.39 bits per heavy atom. The molecule has 1 aromatic rings. The zero-order valence-corrected chi connectivity index (χ0v) is 11.4. The van der Waals surface area contributed by atoms with Crippen LogP contribution in [-0.2, 0) is 13.0 Å². The van der Waals surface area contributed by atoms with Crippen LogP contribution in [0.3, 0.4) is 0 Å². The summed E-state index contributed by atoms with van der Waals surface area (Å²) in [7, 11) is 2.08. The third-order valence-corrected chi connectivity index (χ3v) is 4.56. The highest BCUT2D eigenvalue weighted by atomic mass is 16.4. The van der Waals surface area contributed by atoms with E-state index in [0.717, 1.165) is 36.7 Å². The Hall–Kier alpha value is -0.870. The molecule has 4 heteroatoms. The summed E-state index contributed by atoms with van der Waals surface area (Å²) in [5.74, 6) is 1.90. The Morgan fingerprint density at radius 2 is 2.11 bits per heavy atom. The van der Waals surface area contributed by atoms with Gasteiger partial charge in [0.25, 0.3) is 0 Å². The summed E-state index contributed by atoms with van der Waals surface area (Å²) in [4.78, 5) is 7.00. The quantitative estimate of drug-likeness (QED) is 0.885. The number of hydrogen-bond donors (Lipinski definition) is 1. The molecule has 18 heavy (non-hydrogen) atoms. The fourth-order valence-electron chi connectivity index (χ4n) is 3.51. The molecule has 100 valence electrons. The molecule has 0 radical (unpaired) electrons. The van der Waals surface area contributed by atoms with Crippen LogP contribution in [0.1, 0.15) is 44.3 Å². The predicted octanol–water partition coefficient (Wildman–Crippen LogP) is 1.95. The van der Waals surface area contributed by atoms with Crippen molar-refractivity contribution < 1.29 is 4.42 Å². The largest absolute Gasteiger partial charge is 0.444 e. The second-order valence-electron chi connectivity index (χ2n) is 5.59. The van der Waals surface area contributed by atoms with Crippen molar-refractivity contribution in [3.8, 4) is 0 Å². The Bertz CT molecular complexity index is 389. The van der Waals surface area contributed by atoms with Crippen LogP contribution in [0, 0.1) is 0 Å². The molecule has 0 spiro atoms. The van der Waals surface area contributed by atoms with E-state index in [1.807, 2.05) is 6.20 Å². The van der Waals surface area contributed by atoms with Crippen LogP contribution in [0.25, 0.3) is 0 Å². The summed E-state index contributed by atoms with van der Waals surface area (Å²) >= 11 is 0. The molecular formula is C14H23N3O. The molecule has 0 aliphatic carbocycles. The maximum atomic E-state index is 5.74. The first-order valence-corrected chi connectivity index (χ1v) is 7.16. The van der Waals surface area contributed by atoms with Crippen LogP contribution in [-0.4, -0.2) is 35.1 Å². The van der Waals surface area contributed by atoms with E-state index < -0.39 is 0 Å². The van der Waals surface area contributed by atoms with Gasteiger partial charge in [0, 0.05) is 24.5 Å². The highest BCUT2D eigenvalue weighted by molar-refractivity contribution is 5.00. The van der Waals surface area contributed by atoms with E-state index in [0.29, 0.717) is 6.04 Å². The van der Waals surface area contributed by atoms with Gasteiger partial charge in [0.05, 0.1) is 12.7 Å². The van der Waals surface area contributed by atoms with Gasteiger partial charge in [-0.2, -0.15) is 0 Å². The maximum Gasteiger partial charge on any atom is 0.208 e. The molecule has 2 atom stereocenters. The third kappa shape index (κ3) is 2.19. The van der Waals surface area contributed by atoms with Gasteiger partial charge in [-0.05, 0) is 32.7 Å². The van der Waals surface area contributed by atoms with Crippen LogP contribution in [0.15, 0.2) is 10.6 Å². The number of aryl methyl sites for hydroxylation is 1. The van der Waals surface area contributed by atoms with Crippen LogP contribution in [0.4, 0.5) is 0 Å². The second-order valence-corrected chi connectivity index (χ2v) is 5.59. The lowest BCUT2D eigenvalue weighted by Gasteiger charge is -2.38. The van der Waals surface area contributed by atoms with E-state index in [4.69, 9.17) is 4.42 Å². The maximum absolute atomic E-state index is 5.74. The van der Waals surface area contributed by atoms with Crippen molar-refractivity contribution in [1.82, 2.24) is 15.2 Å². The van der Waals surface area contributed by atoms with Crippen molar-refractivity contribution in [2.45, 2.75) is 63.7 Å². The molecule has 1 N–H and O–H groups in total. The minimum Gasteiger partial charge on any atom is -0.444 e. The zero-order valence-electron chi connectivity index (χ0n) is 11.4. The molecule has 2 unspecified atom stereocenters. The lowest BCUT2D eigenvalue weighted by Crippen LogP contribution is -2.47. The number of piperidine rings is 1. The first kappa shape index (κ1) is 12.2. The van der Waals surface area contributed by atoms with E-state index in [9.17, 15) is 0 Å². The summed E-state index contributed by atoms with van der Waals surface area (Å²) in [6, 6.07) is 2.14. The zero-order chi connectivity index (χ0) is 12.5. The number of hydrogen-bond acceptors (Lipinski definition) is 4. The molecule has 3 heterocycles. The van der Waals surface area contributed by atoms with E-state index in [-0.39, 0.29) is 0 Å². The molecule has 4 nitrogen and oxygen atoms in total. The number of oxazole rings is 1. The molecule has 2 fully saturated rings. The summed E-state index contributed by atoms with van der Waals surface area (Å²) in [5, 5.41) is 3.44. The normalized spacial score (nSPS) is 32.0. The molecule has 0 saturated carbocycles. The van der Waals surface area contributed by atoms with Crippen molar-refractivity contribution >= 4 is 0 Å². The average Bonchev–Trinajstić information content (AvgIpc) is 2.93. The average molecular weight is 249 g/mol. The van der Waals surface area contributed by atoms with Gasteiger partial charge in [-0.25, -0.2) is 4.98 Å². The van der Waals surface area contributed by atoms with Crippen LogP contribution in [0.2, 0.25) is 0 Å². The summed E-state index contributed by atoms with van der Waals surface area (Å²) in [5.41, 5.74) is 0. The van der Waals surface area contributed by atoms with Gasteiger partial charge in [-0.3, -0.25) is 4.90 Å². The van der Waals surface area contributed by atoms with Gasteiger partial charge >= 0.3 is 0 Å². The monoisotopic (exact) mass is 249 g/mol. The predicted molar refractivity (Wildman–Crippen MR) is 70.3 cm³/mol. The Labute approximate surface area is 109 Å². The summed E-state index contributed by atoms with van der Waals surface area (Å²) < 4.78 is 5.74. The highest BCUT2D eigenvalue weighted by Crippen LogP contribution is 2.36. The number of nitrogens with one attached hydrogen (secondary N) is 1. The van der Waals surface area contributed by atoms with Crippen LogP contribution >= 0.6 is 0 Å². The smallest absolute Gasteiger partial charge is 0.208 e. The third-order valence-electron chi connectivity index (χ3n) is 4.56. The lowest BCUT2D eigenvalue weighted by atomic mass is 9.97. The minimum absolute atomic E-state index is 0.703. The number of fused-ring (bicyclic) bond motifs is 2. The Balaban J connectivity index is 1.67. The molecule has 3 rings (SSSR count). The van der Waals surface area contributed by atoms with Crippen molar-refractivity contribution in [2.75, 3.05) is 7.05 Å².